The molecule has 196 valence electrons. The molecule has 0 unspecified atom stereocenters. The fourth-order valence-electron chi connectivity index (χ4n) is 4.39. The van der Waals surface area contributed by atoms with E-state index in [4.69, 9.17) is 18.9 Å². The van der Waals surface area contributed by atoms with Gasteiger partial charge in [-0.25, -0.2) is 0 Å². The molecule has 3 atom stereocenters. The van der Waals surface area contributed by atoms with E-state index in [0.29, 0.717) is 32.2 Å². The zero-order valence-electron chi connectivity index (χ0n) is 21.8. The zero-order chi connectivity index (χ0) is 26.5. The smallest absolute Gasteiger partial charge is 0.151 e. The third-order valence-corrected chi connectivity index (χ3v) is 6.39. The Hall–Kier alpha value is -4.14. The van der Waals surface area contributed by atoms with Gasteiger partial charge in [-0.15, -0.1) is 0 Å². The number of allylic oxidation sites excluding steroid dienone is 1. The molecule has 0 amide bonds. The minimum absolute atomic E-state index is 0.344. The molecule has 0 bridgehead atoms. The average molecular weight is 517 g/mol. The van der Waals surface area contributed by atoms with Crippen LogP contribution in [0.5, 0.6) is 0 Å². The highest BCUT2D eigenvalue weighted by molar-refractivity contribution is 5.38. The monoisotopic (exact) mass is 516 g/mol. The molecule has 0 N–H and O–H groups in total. The van der Waals surface area contributed by atoms with E-state index in [1.54, 1.807) is 6.08 Å². The van der Waals surface area contributed by atoms with Crippen LogP contribution in [0.4, 0.5) is 0 Å². The van der Waals surface area contributed by atoms with Gasteiger partial charge in [0, 0.05) is 11.6 Å². The van der Waals surface area contributed by atoms with Crippen LogP contribution in [0, 0.1) is 11.8 Å². The molecule has 0 aromatic heterocycles. The molecule has 0 aliphatic carbocycles. The standard InChI is InChI=1S/C35H32O4/c1-5-14-28(15-6-1)22-13-23-32-34(37-25-30-18-9-3-10-19-30)35(38-26-31-20-11-4-12-21-31)33(39-32)27-36-24-29-16-7-2-8-17-29/h1-12,14-21,23,33-35H,24-27H2/b32-23-/t33-,34+,35-/m1/s1. The van der Waals surface area contributed by atoms with Gasteiger partial charge in [-0.1, -0.05) is 121 Å². The number of hydrogen-bond acceptors (Lipinski definition) is 4. The fraction of sp³-hybridized carbons (Fsp3) is 0.200. The predicted octanol–water partition coefficient (Wildman–Crippen LogP) is 6.71. The molecule has 4 nitrogen and oxygen atoms in total. The van der Waals surface area contributed by atoms with Crippen LogP contribution in [0.1, 0.15) is 22.3 Å². The largest absolute Gasteiger partial charge is 0.486 e. The number of hydrogen-bond donors (Lipinski definition) is 0. The first-order valence-corrected chi connectivity index (χ1v) is 13.2. The van der Waals surface area contributed by atoms with Crippen LogP contribution >= 0.6 is 0 Å². The maximum Gasteiger partial charge on any atom is 0.151 e. The van der Waals surface area contributed by atoms with Gasteiger partial charge in [0.1, 0.15) is 18.0 Å². The van der Waals surface area contributed by atoms with E-state index in [2.05, 4.69) is 48.2 Å². The Morgan fingerprint density at radius 1 is 0.615 bits per heavy atom. The quantitative estimate of drug-likeness (QED) is 0.220. The Bertz CT molecular complexity index is 1360. The minimum Gasteiger partial charge on any atom is -0.486 e. The number of ether oxygens (including phenoxy) is 4. The third-order valence-electron chi connectivity index (χ3n) is 6.39. The van der Waals surface area contributed by atoms with Gasteiger partial charge in [-0.2, -0.15) is 0 Å². The molecule has 4 aromatic rings. The summed E-state index contributed by atoms with van der Waals surface area (Å²) in [6.07, 6.45) is 0.667. The Balaban J connectivity index is 1.37. The molecule has 39 heavy (non-hydrogen) atoms. The van der Waals surface area contributed by atoms with E-state index in [0.717, 1.165) is 22.3 Å². The van der Waals surface area contributed by atoms with Crippen LogP contribution in [-0.2, 0) is 38.8 Å². The first kappa shape index (κ1) is 26.5. The van der Waals surface area contributed by atoms with Crippen molar-refractivity contribution >= 4 is 0 Å². The van der Waals surface area contributed by atoms with E-state index < -0.39 is 6.10 Å². The van der Waals surface area contributed by atoms with Gasteiger partial charge in [0.15, 0.2) is 6.10 Å². The van der Waals surface area contributed by atoms with Crippen molar-refractivity contribution in [3.63, 3.8) is 0 Å². The van der Waals surface area contributed by atoms with Gasteiger partial charge in [-0.3, -0.25) is 0 Å². The van der Waals surface area contributed by atoms with Crippen LogP contribution < -0.4 is 0 Å². The lowest BCUT2D eigenvalue weighted by atomic mass is 10.1. The Morgan fingerprint density at radius 2 is 1.13 bits per heavy atom. The molecule has 0 saturated carbocycles. The first-order valence-electron chi connectivity index (χ1n) is 13.2. The van der Waals surface area contributed by atoms with Gasteiger partial charge >= 0.3 is 0 Å². The van der Waals surface area contributed by atoms with Crippen LogP contribution in [0.2, 0.25) is 0 Å². The topological polar surface area (TPSA) is 36.9 Å². The molecule has 1 fully saturated rings. The van der Waals surface area contributed by atoms with Crippen LogP contribution in [-0.4, -0.2) is 24.9 Å². The molecular formula is C35H32O4. The highest BCUT2D eigenvalue weighted by atomic mass is 16.6. The lowest BCUT2D eigenvalue weighted by Gasteiger charge is -2.23. The maximum atomic E-state index is 6.48. The van der Waals surface area contributed by atoms with Gasteiger partial charge in [0.05, 0.1) is 26.4 Å². The second-order valence-corrected chi connectivity index (χ2v) is 9.32. The Morgan fingerprint density at radius 3 is 1.72 bits per heavy atom. The fourth-order valence-corrected chi connectivity index (χ4v) is 4.39. The summed E-state index contributed by atoms with van der Waals surface area (Å²) in [5.74, 6) is 6.99. The second kappa shape index (κ2) is 14.1. The predicted molar refractivity (Wildman–Crippen MR) is 152 cm³/mol. The highest BCUT2D eigenvalue weighted by Crippen LogP contribution is 2.31. The van der Waals surface area contributed by atoms with Crippen molar-refractivity contribution in [3.05, 3.63) is 155 Å². The van der Waals surface area contributed by atoms with E-state index in [9.17, 15) is 0 Å². The van der Waals surface area contributed by atoms with Crippen molar-refractivity contribution in [1.29, 1.82) is 0 Å². The van der Waals surface area contributed by atoms with Gasteiger partial charge < -0.3 is 18.9 Å². The normalized spacial score (nSPS) is 19.3. The molecule has 5 rings (SSSR count). The third kappa shape index (κ3) is 7.92. The molecular weight excluding hydrogens is 484 g/mol. The first-order chi connectivity index (χ1) is 19.3. The summed E-state index contributed by atoms with van der Waals surface area (Å²) in [5.41, 5.74) is 4.22. The summed E-state index contributed by atoms with van der Waals surface area (Å²) in [7, 11) is 0. The summed E-state index contributed by atoms with van der Waals surface area (Å²) in [4.78, 5) is 0. The molecule has 1 aliphatic rings. The van der Waals surface area contributed by atoms with E-state index in [-0.39, 0.29) is 12.2 Å². The minimum atomic E-state index is -0.427. The Kier molecular flexibility index (Phi) is 9.59. The molecule has 1 heterocycles. The van der Waals surface area contributed by atoms with Crippen molar-refractivity contribution in [2.75, 3.05) is 6.61 Å². The van der Waals surface area contributed by atoms with Gasteiger partial charge in [-0.05, 0) is 28.8 Å². The van der Waals surface area contributed by atoms with E-state index in [1.165, 1.54) is 0 Å². The van der Waals surface area contributed by atoms with Gasteiger partial charge in [0.2, 0.25) is 0 Å². The van der Waals surface area contributed by atoms with E-state index in [1.807, 2.05) is 84.9 Å². The van der Waals surface area contributed by atoms with Crippen molar-refractivity contribution < 1.29 is 18.9 Å². The van der Waals surface area contributed by atoms with Crippen molar-refractivity contribution in [3.8, 4) is 11.8 Å². The summed E-state index contributed by atoms with van der Waals surface area (Å²) in [6.45, 7) is 1.73. The summed E-state index contributed by atoms with van der Waals surface area (Å²) in [5, 5.41) is 0. The summed E-state index contributed by atoms with van der Waals surface area (Å²) < 4.78 is 25.5. The number of rotatable bonds is 10. The lowest BCUT2D eigenvalue weighted by molar-refractivity contribution is -0.0894. The Labute approximate surface area is 230 Å². The van der Waals surface area contributed by atoms with Crippen molar-refractivity contribution in [2.24, 2.45) is 0 Å². The molecule has 0 spiro atoms. The number of benzene rings is 4. The molecule has 4 aromatic carbocycles. The van der Waals surface area contributed by atoms with E-state index >= 15 is 0 Å². The summed E-state index contributed by atoms with van der Waals surface area (Å²) in [6, 6.07) is 40.3. The molecule has 4 heteroatoms. The second-order valence-electron chi connectivity index (χ2n) is 9.32. The highest BCUT2D eigenvalue weighted by Gasteiger charge is 2.43. The molecule has 0 radical (unpaired) electrons. The zero-order valence-corrected chi connectivity index (χ0v) is 21.8. The van der Waals surface area contributed by atoms with Crippen molar-refractivity contribution in [2.45, 2.75) is 38.1 Å². The van der Waals surface area contributed by atoms with Crippen LogP contribution in [0.3, 0.4) is 0 Å². The maximum absolute atomic E-state index is 6.48. The lowest BCUT2D eigenvalue weighted by Crippen LogP contribution is -2.37. The van der Waals surface area contributed by atoms with Crippen molar-refractivity contribution in [1.82, 2.24) is 0 Å². The SMILES string of the molecule is C(#Cc1ccccc1)/C=C1\O[C@H](COCc2ccccc2)[C@@H](OCc2ccccc2)[C@H]1OCc1ccccc1. The van der Waals surface area contributed by atoms with Gasteiger partial charge in [0.25, 0.3) is 0 Å². The van der Waals surface area contributed by atoms with Crippen LogP contribution in [0.15, 0.2) is 133 Å². The molecule has 1 aliphatic heterocycles. The average Bonchev–Trinajstić information content (AvgIpc) is 3.33. The molecule has 1 saturated heterocycles. The summed E-state index contributed by atoms with van der Waals surface area (Å²) >= 11 is 0. The van der Waals surface area contributed by atoms with Crippen LogP contribution in [0.25, 0.3) is 0 Å².